The van der Waals surface area contributed by atoms with E-state index in [-0.39, 0.29) is 5.97 Å². The van der Waals surface area contributed by atoms with Gasteiger partial charge in [-0.15, -0.1) is 24.5 Å². The van der Waals surface area contributed by atoms with Crippen molar-refractivity contribution in [1.82, 2.24) is 4.90 Å². The number of thiophene rings is 1. The number of hydrogen-bond donors (Lipinski definition) is 0. The van der Waals surface area contributed by atoms with E-state index in [2.05, 4.69) is 18.1 Å². The van der Waals surface area contributed by atoms with Gasteiger partial charge in [-0.05, 0) is 19.1 Å². The van der Waals surface area contributed by atoms with Gasteiger partial charge in [0.15, 0.2) is 0 Å². The minimum atomic E-state index is -0.243. The van der Waals surface area contributed by atoms with Crippen molar-refractivity contribution in [3.8, 4) is 0 Å². The van der Waals surface area contributed by atoms with E-state index in [1.165, 1.54) is 11.3 Å². The van der Waals surface area contributed by atoms with E-state index in [0.717, 1.165) is 24.5 Å². The molecule has 1 aromatic rings. The summed E-state index contributed by atoms with van der Waals surface area (Å²) in [7, 11) is 0. The van der Waals surface area contributed by atoms with Gasteiger partial charge in [0.1, 0.15) is 4.88 Å². The second-order valence-electron chi connectivity index (χ2n) is 3.76. The highest BCUT2D eigenvalue weighted by atomic mass is 32.1. The Morgan fingerprint density at radius 3 is 2.61 bits per heavy atom. The van der Waals surface area contributed by atoms with Crippen molar-refractivity contribution in [3.05, 3.63) is 47.2 Å². The van der Waals surface area contributed by atoms with E-state index in [9.17, 15) is 4.79 Å². The quantitative estimate of drug-likeness (QED) is 0.534. The van der Waals surface area contributed by atoms with Crippen LogP contribution in [0.4, 0.5) is 0 Å². The van der Waals surface area contributed by atoms with Crippen LogP contribution in [0.1, 0.15) is 21.5 Å². The van der Waals surface area contributed by atoms with Gasteiger partial charge in [-0.3, -0.25) is 4.90 Å². The van der Waals surface area contributed by atoms with E-state index in [1.54, 1.807) is 0 Å². The van der Waals surface area contributed by atoms with E-state index >= 15 is 0 Å². The highest BCUT2D eigenvalue weighted by molar-refractivity contribution is 7.13. The summed E-state index contributed by atoms with van der Waals surface area (Å²) in [5, 5.41) is 0. The minimum absolute atomic E-state index is 0.243. The highest BCUT2D eigenvalue weighted by Crippen LogP contribution is 2.19. The number of rotatable bonds is 8. The number of carbonyl (C=O) groups is 1. The van der Waals surface area contributed by atoms with Crippen LogP contribution < -0.4 is 0 Å². The normalized spacial score (nSPS) is 10.3. The lowest BCUT2D eigenvalue weighted by Crippen LogP contribution is -2.22. The molecule has 0 aliphatic carbocycles. The van der Waals surface area contributed by atoms with Gasteiger partial charge in [-0.2, -0.15) is 0 Å². The maximum atomic E-state index is 11.5. The minimum Gasteiger partial charge on any atom is -0.462 e. The van der Waals surface area contributed by atoms with E-state index < -0.39 is 0 Å². The molecular formula is C14H19NO2S. The first-order valence-corrected chi connectivity index (χ1v) is 6.72. The van der Waals surface area contributed by atoms with Crippen LogP contribution in [0, 0.1) is 0 Å². The van der Waals surface area contributed by atoms with E-state index in [4.69, 9.17) is 4.74 Å². The molecule has 1 rings (SSSR count). The lowest BCUT2D eigenvalue weighted by atomic mass is 10.3. The molecule has 4 heteroatoms. The molecule has 0 aromatic carbocycles. The third kappa shape index (κ3) is 4.47. The molecule has 0 atom stereocenters. The number of hydrogen-bond acceptors (Lipinski definition) is 4. The number of esters is 1. The van der Waals surface area contributed by atoms with Crippen LogP contribution in [0.2, 0.25) is 0 Å². The van der Waals surface area contributed by atoms with Crippen molar-refractivity contribution in [2.75, 3.05) is 19.7 Å². The van der Waals surface area contributed by atoms with Gasteiger partial charge in [0.25, 0.3) is 0 Å². The lowest BCUT2D eigenvalue weighted by molar-refractivity contribution is 0.0532. The molecule has 0 radical (unpaired) electrons. The third-order valence-electron chi connectivity index (χ3n) is 2.29. The Kier molecular flexibility index (Phi) is 6.39. The Labute approximate surface area is 112 Å². The number of carbonyl (C=O) groups excluding carboxylic acids is 1. The van der Waals surface area contributed by atoms with Gasteiger partial charge >= 0.3 is 5.97 Å². The molecular weight excluding hydrogens is 246 g/mol. The molecule has 0 amide bonds. The fraction of sp³-hybridized carbons (Fsp3) is 0.357. The Bertz CT molecular complexity index is 402. The SMILES string of the molecule is C=CCN(CC=C)Cc1ccc(C(=O)OCC)s1. The Morgan fingerprint density at radius 1 is 1.39 bits per heavy atom. The third-order valence-corrected chi connectivity index (χ3v) is 3.34. The molecule has 98 valence electrons. The van der Waals surface area contributed by atoms with E-state index in [1.807, 2.05) is 31.2 Å². The summed E-state index contributed by atoms with van der Waals surface area (Å²) in [6, 6.07) is 3.79. The van der Waals surface area contributed by atoms with Gasteiger partial charge in [0.2, 0.25) is 0 Å². The van der Waals surface area contributed by atoms with E-state index in [0.29, 0.717) is 11.5 Å². The standard InChI is InChI=1S/C14H19NO2S/c1-4-9-15(10-5-2)11-12-7-8-13(18-12)14(16)17-6-3/h4-5,7-8H,1-2,6,9-11H2,3H3. The first-order valence-electron chi connectivity index (χ1n) is 5.91. The molecule has 0 unspecified atom stereocenters. The summed E-state index contributed by atoms with van der Waals surface area (Å²) < 4.78 is 4.97. The maximum absolute atomic E-state index is 11.5. The second-order valence-corrected chi connectivity index (χ2v) is 4.93. The second kappa shape index (κ2) is 7.84. The lowest BCUT2D eigenvalue weighted by Gasteiger charge is -2.17. The molecule has 0 fully saturated rings. The predicted octanol–water partition coefficient (Wildman–Crippen LogP) is 3.10. The van der Waals surface area contributed by atoms with Crippen molar-refractivity contribution in [2.45, 2.75) is 13.5 Å². The summed E-state index contributed by atoms with van der Waals surface area (Å²) in [5.74, 6) is -0.243. The van der Waals surface area contributed by atoms with Crippen LogP contribution in [-0.4, -0.2) is 30.6 Å². The van der Waals surface area contributed by atoms with Crippen LogP contribution in [0.3, 0.4) is 0 Å². The molecule has 3 nitrogen and oxygen atoms in total. The van der Waals surface area contributed by atoms with Gasteiger partial charge < -0.3 is 4.74 Å². The molecule has 0 aliphatic heterocycles. The summed E-state index contributed by atoms with van der Waals surface area (Å²) in [5.41, 5.74) is 0. The van der Waals surface area contributed by atoms with Crippen LogP contribution in [0.15, 0.2) is 37.4 Å². The summed E-state index contributed by atoms with van der Waals surface area (Å²) >= 11 is 1.48. The fourth-order valence-corrected chi connectivity index (χ4v) is 2.51. The molecule has 1 aromatic heterocycles. The monoisotopic (exact) mass is 265 g/mol. The molecule has 1 heterocycles. The van der Waals surface area contributed by atoms with Gasteiger partial charge in [0.05, 0.1) is 6.61 Å². The van der Waals surface area contributed by atoms with Crippen molar-refractivity contribution in [2.24, 2.45) is 0 Å². The van der Waals surface area contributed by atoms with Crippen molar-refractivity contribution in [1.29, 1.82) is 0 Å². The van der Waals surface area contributed by atoms with Crippen LogP contribution in [-0.2, 0) is 11.3 Å². The molecule has 0 saturated carbocycles. The van der Waals surface area contributed by atoms with Crippen LogP contribution >= 0.6 is 11.3 Å². The number of nitrogens with zero attached hydrogens (tertiary/aromatic N) is 1. The summed E-state index contributed by atoms with van der Waals surface area (Å²) in [6.07, 6.45) is 3.73. The molecule has 0 N–H and O–H groups in total. The van der Waals surface area contributed by atoms with Crippen molar-refractivity contribution in [3.63, 3.8) is 0 Å². The van der Waals surface area contributed by atoms with Gasteiger partial charge in [-0.1, -0.05) is 12.2 Å². The molecule has 0 bridgehead atoms. The van der Waals surface area contributed by atoms with Gasteiger partial charge in [0, 0.05) is 24.5 Å². The average molecular weight is 265 g/mol. The average Bonchev–Trinajstić information content (AvgIpc) is 2.78. The highest BCUT2D eigenvalue weighted by Gasteiger charge is 2.11. The first-order chi connectivity index (χ1) is 8.71. The van der Waals surface area contributed by atoms with Crippen LogP contribution in [0.25, 0.3) is 0 Å². The predicted molar refractivity (Wildman–Crippen MR) is 75.9 cm³/mol. The first kappa shape index (κ1) is 14.7. The topological polar surface area (TPSA) is 29.5 Å². The maximum Gasteiger partial charge on any atom is 0.348 e. The van der Waals surface area contributed by atoms with Crippen molar-refractivity contribution < 1.29 is 9.53 Å². The Hall–Kier alpha value is -1.39. The van der Waals surface area contributed by atoms with Crippen LogP contribution in [0.5, 0.6) is 0 Å². The smallest absolute Gasteiger partial charge is 0.348 e. The molecule has 18 heavy (non-hydrogen) atoms. The zero-order valence-corrected chi connectivity index (χ0v) is 11.5. The zero-order chi connectivity index (χ0) is 13.4. The fourth-order valence-electron chi connectivity index (χ4n) is 1.56. The molecule has 0 spiro atoms. The van der Waals surface area contributed by atoms with Crippen molar-refractivity contribution >= 4 is 17.3 Å². The largest absolute Gasteiger partial charge is 0.462 e. The molecule has 0 aliphatic rings. The summed E-state index contributed by atoms with van der Waals surface area (Å²) in [6.45, 7) is 12.1. The molecule has 0 saturated heterocycles. The zero-order valence-electron chi connectivity index (χ0n) is 10.7. The Morgan fingerprint density at radius 2 is 2.06 bits per heavy atom. The summed E-state index contributed by atoms with van der Waals surface area (Å²) in [4.78, 5) is 15.5. The number of ether oxygens (including phenoxy) is 1. The van der Waals surface area contributed by atoms with Gasteiger partial charge in [-0.25, -0.2) is 4.79 Å². The Balaban J connectivity index is 2.63.